The van der Waals surface area contributed by atoms with E-state index in [1.165, 1.54) is 29.8 Å². The molecule has 2 rings (SSSR count). The van der Waals surface area contributed by atoms with Gasteiger partial charge in [-0.3, -0.25) is 0 Å². The van der Waals surface area contributed by atoms with Gasteiger partial charge in [0.1, 0.15) is 11.4 Å². The normalized spacial score (nSPS) is 9.62. The van der Waals surface area contributed by atoms with E-state index in [1.54, 1.807) is 12.1 Å². The Bertz CT molecular complexity index is 628. The van der Waals surface area contributed by atoms with Crippen LogP contribution in [0.3, 0.4) is 0 Å². The minimum atomic E-state index is -1.24. The fourth-order valence-corrected chi connectivity index (χ4v) is 1.52. The van der Waals surface area contributed by atoms with Crippen molar-refractivity contribution in [1.82, 2.24) is 0 Å². The lowest BCUT2D eigenvalue weighted by molar-refractivity contribution is 0.0694. The number of aromatic carboxylic acids is 1. The summed E-state index contributed by atoms with van der Waals surface area (Å²) in [4.78, 5) is 10.4. The number of nitrogen functional groups attached to an aromatic ring is 2. The predicted octanol–water partition coefficient (Wildman–Crippen LogP) is 2.64. The van der Waals surface area contributed by atoms with Crippen molar-refractivity contribution in [2.45, 2.75) is 13.3 Å². The Labute approximate surface area is 121 Å². The van der Waals surface area contributed by atoms with Gasteiger partial charge in [0.15, 0.2) is 5.75 Å². The Balaban J connectivity index is 0.000000219. The van der Waals surface area contributed by atoms with Gasteiger partial charge in [-0.25, -0.2) is 9.18 Å². The quantitative estimate of drug-likeness (QED) is 0.502. The molecule has 0 aromatic heterocycles. The molecule has 0 heterocycles. The maximum atomic E-state index is 12.2. The zero-order valence-electron chi connectivity index (χ0n) is 11.5. The first-order valence-electron chi connectivity index (χ1n) is 6.21. The Hall–Kier alpha value is -2.76. The Morgan fingerprint density at radius 3 is 2.19 bits per heavy atom. The molecule has 0 spiro atoms. The third-order valence-electron chi connectivity index (χ3n) is 2.80. The summed E-state index contributed by atoms with van der Waals surface area (Å²) in [6, 6.07) is 9.10. The van der Waals surface area contributed by atoms with Gasteiger partial charge in [0.05, 0.1) is 11.4 Å². The number of phenols is 1. The minimum absolute atomic E-state index is 0.102. The number of benzene rings is 2. The van der Waals surface area contributed by atoms with Crippen molar-refractivity contribution in [1.29, 1.82) is 0 Å². The highest BCUT2D eigenvalue weighted by Crippen LogP contribution is 2.29. The lowest BCUT2D eigenvalue weighted by atomic mass is 10.1. The van der Waals surface area contributed by atoms with E-state index in [1.807, 2.05) is 6.92 Å². The third kappa shape index (κ3) is 4.38. The highest BCUT2D eigenvalue weighted by Gasteiger charge is 2.13. The monoisotopic (exact) mass is 292 g/mol. The van der Waals surface area contributed by atoms with Crippen molar-refractivity contribution >= 4 is 17.3 Å². The number of carbonyl (C=O) groups is 1. The lowest BCUT2D eigenvalue weighted by Gasteiger charge is -2.04. The van der Waals surface area contributed by atoms with Crippen molar-refractivity contribution in [2.75, 3.05) is 11.5 Å². The number of nitrogens with two attached hydrogens (primary N) is 2. The topological polar surface area (TPSA) is 110 Å². The van der Waals surface area contributed by atoms with Gasteiger partial charge in [-0.05, 0) is 36.2 Å². The molecule has 6 heteroatoms. The van der Waals surface area contributed by atoms with E-state index in [2.05, 4.69) is 0 Å². The summed E-state index contributed by atoms with van der Waals surface area (Å²) >= 11 is 0. The average molecular weight is 292 g/mol. The molecular weight excluding hydrogens is 275 g/mol. The molecule has 2 aromatic rings. The molecule has 0 aliphatic heterocycles. The number of aromatic hydroxyl groups is 1. The molecule has 0 bridgehead atoms. The summed E-state index contributed by atoms with van der Waals surface area (Å²) in [5.41, 5.74) is 11.6. The summed E-state index contributed by atoms with van der Waals surface area (Å²) < 4.78 is 12.2. The number of halogens is 1. The standard InChI is InChI=1S/C8H9F.C7H8N2O3/c1-2-7-3-5-8(9)6-4-7;8-4-2-1-3(7(11)12)6(10)5(4)9/h3-6H,2H2,1H3;1-2,10H,8-9H2,(H,11,12). The van der Waals surface area contributed by atoms with Gasteiger partial charge in [-0.15, -0.1) is 0 Å². The maximum absolute atomic E-state index is 12.2. The Kier molecular flexibility index (Phi) is 5.54. The fourth-order valence-electron chi connectivity index (χ4n) is 1.52. The second kappa shape index (κ2) is 7.14. The second-order valence-corrected chi connectivity index (χ2v) is 4.25. The molecule has 5 nitrogen and oxygen atoms in total. The van der Waals surface area contributed by atoms with Crippen LogP contribution in [0.4, 0.5) is 15.8 Å². The maximum Gasteiger partial charge on any atom is 0.339 e. The smallest absolute Gasteiger partial charge is 0.339 e. The van der Waals surface area contributed by atoms with Crippen LogP contribution in [0.15, 0.2) is 36.4 Å². The van der Waals surface area contributed by atoms with Gasteiger partial charge in [0.2, 0.25) is 0 Å². The van der Waals surface area contributed by atoms with E-state index in [0.29, 0.717) is 0 Å². The van der Waals surface area contributed by atoms with E-state index in [9.17, 15) is 9.18 Å². The molecule has 0 saturated heterocycles. The van der Waals surface area contributed by atoms with Gasteiger partial charge in [-0.1, -0.05) is 19.1 Å². The first-order chi connectivity index (χ1) is 9.86. The first-order valence-corrected chi connectivity index (χ1v) is 6.21. The van der Waals surface area contributed by atoms with Crippen LogP contribution in [-0.4, -0.2) is 16.2 Å². The minimum Gasteiger partial charge on any atom is -0.505 e. The van der Waals surface area contributed by atoms with E-state index < -0.39 is 11.7 Å². The molecule has 0 amide bonds. The average Bonchev–Trinajstić information content (AvgIpc) is 2.46. The summed E-state index contributed by atoms with van der Waals surface area (Å²) in [7, 11) is 0. The molecule has 0 radical (unpaired) electrons. The van der Waals surface area contributed by atoms with Gasteiger partial charge in [-0.2, -0.15) is 0 Å². The highest BCUT2D eigenvalue weighted by molar-refractivity contribution is 5.94. The van der Waals surface area contributed by atoms with Crippen molar-refractivity contribution < 1.29 is 19.4 Å². The summed E-state index contributed by atoms with van der Waals surface area (Å²) in [5, 5.41) is 17.7. The lowest BCUT2D eigenvalue weighted by Crippen LogP contribution is -2.01. The largest absolute Gasteiger partial charge is 0.505 e. The molecule has 0 saturated carbocycles. The molecule has 0 atom stereocenters. The number of hydrogen-bond acceptors (Lipinski definition) is 4. The number of anilines is 2. The Morgan fingerprint density at radius 1 is 1.14 bits per heavy atom. The fraction of sp³-hybridized carbons (Fsp3) is 0.133. The summed E-state index contributed by atoms with van der Waals surface area (Å²) in [6.07, 6.45) is 0.972. The number of rotatable bonds is 2. The first kappa shape index (κ1) is 16.3. The SMILES string of the molecule is CCc1ccc(F)cc1.Nc1ccc(C(=O)O)c(O)c1N. The van der Waals surface area contributed by atoms with Gasteiger partial charge >= 0.3 is 5.97 Å². The third-order valence-corrected chi connectivity index (χ3v) is 2.80. The number of hydrogen-bond donors (Lipinski definition) is 4. The van der Waals surface area contributed by atoms with Gasteiger partial charge in [0, 0.05) is 0 Å². The number of carboxylic acids is 1. The Morgan fingerprint density at radius 2 is 1.71 bits per heavy atom. The van der Waals surface area contributed by atoms with Crippen LogP contribution < -0.4 is 11.5 Å². The van der Waals surface area contributed by atoms with E-state index in [-0.39, 0.29) is 22.8 Å². The van der Waals surface area contributed by atoms with Crippen LogP contribution in [0.5, 0.6) is 5.75 Å². The number of carboxylic acid groups (broad SMARTS) is 1. The molecule has 2 aromatic carbocycles. The predicted molar refractivity (Wildman–Crippen MR) is 79.7 cm³/mol. The van der Waals surface area contributed by atoms with E-state index in [4.69, 9.17) is 21.7 Å². The molecule has 0 aliphatic rings. The zero-order valence-corrected chi connectivity index (χ0v) is 11.5. The van der Waals surface area contributed by atoms with Crippen LogP contribution in [0.25, 0.3) is 0 Å². The number of aryl methyl sites for hydroxylation is 1. The molecule has 21 heavy (non-hydrogen) atoms. The van der Waals surface area contributed by atoms with E-state index >= 15 is 0 Å². The molecule has 0 unspecified atom stereocenters. The van der Waals surface area contributed by atoms with Gasteiger partial charge < -0.3 is 21.7 Å². The van der Waals surface area contributed by atoms with Crippen LogP contribution in [0.2, 0.25) is 0 Å². The van der Waals surface area contributed by atoms with Crippen LogP contribution >= 0.6 is 0 Å². The highest BCUT2D eigenvalue weighted by atomic mass is 19.1. The summed E-state index contributed by atoms with van der Waals surface area (Å²) in [5.74, 6) is -1.88. The molecular formula is C15H17FN2O3. The van der Waals surface area contributed by atoms with Crippen molar-refractivity contribution in [2.24, 2.45) is 0 Å². The molecule has 6 N–H and O–H groups in total. The van der Waals surface area contributed by atoms with E-state index in [0.717, 1.165) is 6.42 Å². The zero-order chi connectivity index (χ0) is 16.0. The van der Waals surface area contributed by atoms with Crippen LogP contribution in [0.1, 0.15) is 22.8 Å². The second-order valence-electron chi connectivity index (χ2n) is 4.25. The van der Waals surface area contributed by atoms with Crippen molar-refractivity contribution in [3.63, 3.8) is 0 Å². The van der Waals surface area contributed by atoms with Gasteiger partial charge in [0.25, 0.3) is 0 Å². The summed E-state index contributed by atoms with van der Waals surface area (Å²) in [6.45, 7) is 2.05. The molecule has 0 fully saturated rings. The van der Waals surface area contributed by atoms with Crippen LogP contribution in [0, 0.1) is 5.82 Å². The van der Waals surface area contributed by atoms with Crippen LogP contribution in [-0.2, 0) is 6.42 Å². The van der Waals surface area contributed by atoms with Crippen molar-refractivity contribution in [3.05, 3.63) is 53.3 Å². The molecule has 0 aliphatic carbocycles. The van der Waals surface area contributed by atoms with Crippen molar-refractivity contribution in [3.8, 4) is 5.75 Å². The molecule has 112 valence electrons.